The third kappa shape index (κ3) is 5.10. The Bertz CT molecular complexity index is 530. The lowest BCUT2D eigenvalue weighted by molar-refractivity contribution is 1.48. The van der Waals surface area contributed by atoms with Crippen molar-refractivity contribution in [2.24, 2.45) is 0 Å². The molecule has 0 aromatic heterocycles. The molecule has 0 saturated carbocycles. The SMILES string of the molecule is [2H]c1c([2H])c([2H])c(Br)c([2H])c1[2H].[2H]c1c([2H])c([2H])c(S)c([2H])c1[2H]. The van der Waals surface area contributed by atoms with Crippen LogP contribution < -0.4 is 0 Å². The van der Waals surface area contributed by atoms with Gasteiger partial charge < -0.3 is 0 Å². The Hall–Kier alpha value is -0.730. The second-order valence-corrected chi connectivity index (χ2v) is 3.15. The van der Waals surface area contributed by atoms with Crippen molar-refractivity contribution in [3.8, 4) is 0 Å². The lowest BCUT2D eigenvalue weighted by Crippen LogP contribution is -1.56. The van der Waals surface area contributed by atoms with Crippen molar-refractivity contribution >= 4 is 28.6 Å². The second kappa shape index (κ2) is 6.68. The molecule has 0 radical (unpaired) electrons. The van der Waals surface area contributed by atoms with Crippen molar-refractivity contribution in [2.75, 3.05) is 0 Å². The highest BCUT2D eigenvalue weighted by Crippen LogP contribution is 2.05. The summed E-state index contributed by atoms with van der Waals surface area (Å²) < 4.78 is 72.3. The largest absolute Gasteiger partial charge is 0.143 e. The number of hydrogen-bond donors (Lipinski definition) is 1. The zero-order chi connectivity index (χ0) is 18.9. The first kappa shape index (κ1) is 3.69. The third-order valence-corrected chi connectivity index (χ3v) is 1.58. The number of halogens is 1. The molecule has 0 aliphatic rings. The molecule has 0 heterocycles. The van der Waals surface area contributed by atoms with Crippen LogP contribution in [0.25, 0.3) is 0 Å². The molecular weight excluding hydrogens is 256 g/mol. The molecule has 2 aromatic rings. The van der Waals surface area contributed by atoms with E-state index in [4.69, 9.17) is 13.7 Å². The zero-order valence-corrected chi connectivity index (χ0v) is 9.31. The minimum atomic E-state index is -0.386. The van der Waals surface area contributed by atoms with Gasteiger partial charge in [-0.3, -0.25) is 0 Å². The Morgan fingerprint density at radius 1 is 0.857 bits per heavy atom. The highest BCUT2D eigenvalue weighted by atomic mass is 79.9. The topological polar surface area (TPSA) is 0 Å². The molecule has 2 heteroatoms. The Kier molecular flexibility index (Phi) is 1.76. The molecule has 0 aliphatic carbocycles. The molecule has 0 fully saturated rings. The van der Waals surface area contributed by atoms with Gasteiger partial charge in [0.05, 0.1) is 13.7 Å². The highest BCUT2D eigenvalue weighted by Gasteiger charge is 1.74. The van der Waals surface area contributed by atoms with Crippen molar-refractivity contribution in [2.45, 2.75) is 4.90 Å². The van der Waals surface area contributed by atoms with Crippen LogP contribution in [0.15, 0.2) is 69.8 Å². The summed E-state index contributed by atoms with van der Waals surface area (Å²) in [5.41, 5.74) is 0. The molecule has 0 aliphatic heterocycles. The van der Waals surface area contributed by atoms with E-state index in [0.29, 0.717) is 0 Å². The summed E-state index contributed by atoms with van der Waals surface area (Å²) >= 11 is 6.72. The predicted molar refractivity (Wildman–Crippen MR) is 67.8 cm³/mol. The van der Waals surface area contributed by atoms with E-state index < -0.39 is 0 Å². The van der Waals surface area contributed by atoms with E-state index in [-0.39, 0.29) is 69.8 Å². The Labute approximate surface area is 113 Å². The summed E-state index contributed by atoms with van der Waals surface area (Å²) in [6.45, 7) is 0. The maximum atomic E-state index is 7.26. The highest BCUT2D eigenvalue weighted by molar-refractivity contribution is 9.10. The average molecular weight is 277 g/mol. The molecule has 0 amide bonds. The molecule has 2 rings (SSSR count). The number of rotatable bonds is 0. The van der Waals surface area contributed by atoms with Gasteiger partial charge >= 0.3 is 0 Å². The van der Waals surface area contributed by atoms with E-state index in [9.17, 15) is 0 Å². The van der Waals surface area contributed by atoms with Gasteiger partial charge in [0.25, 0.3) is 0 Å². The molecule has 2 aromatic carbocycles. The summed E-state index contributed by atoms with van der Waals surface area (Å²) in [6.07, 6.45) is 0. The van der Waals surface area contributed by atoms with Gasteiger partial charge in [-0.1, -0.05) is 52.2 Å². The smallest absolute Gasteiger partial charge is 0.0635 e. The van der Waals surface area contributed by atoms with Gasteiger partial charge in [0.15, 0.2) is 0 Å². The molecule has 0 saturated heterocycles. The molecule has 0 unspecified atom stereocenters. The van der Waals surface area contributed by atoms with Crippen LogP contribution in [0.5, 0.6) is 0 Å². The van der Waals surface area contributed by atoms with Gasteiger partial charge in [0.2, 0.25) is 0 Å². The second-order valence-electron chi connectivity index (χ2n) is 1.91. The average Bonchev–Trinajstić information content (AvgIpc) is 2.58. The van der Waals surface area contributed by atoms with E-state index >= 15 is 0 Å². The van der Waals surface area contributed by atoms with Crippen LogP contribution in [0.2, 0.25) is 0 Å². The van der Waals surface area contributed by atoms with Gasteiger partial charge in [-0.25, -0.2) is 0 Å². The van der Waals surface area contributed by atoms with Crippen LogP contribution >= 0.6 is 28.6 Å². The number of thiol groups is 1. The van der Waals surface area contributed by atoms with Gasteiger partial charge in [-0.2, -0.15) is 0 Å². The van der Waals surface area contributed by atoms with E-state index in [1.54, 1.807) is 0 Å². The summed E-state index contributed by atoms with van der Waals surface area (Å²) in [6, 6.07) is -3.01. The van der Waals surface area contributed by atoms with Gasteiger partial charge in [-0.15, -0.1) is 12.6 Å². The first-order valence-electron chi connectivity index (χ1n) is 8.41. The molecule has 0 spiro atoms. The fourth-order valence-corrected chi connectivity index (χ4v) is 0.788. The minimum absolute atomic E-state index is 0.0130. The van der Waals surface area contributed by atoms with Crippen molar-refractivity contribution in [1.82, 2.24) is 0 Å². The third-order valence-electron chi connectivity index (χ3n) is 0.956. The Balaban J connectivity index is 0.000000240. The Morgan fingerprint density at radius 3 is 1.79 bits per heavy atom. The van der Waals surface area contributed by atoms with Crippen molar-refractivity contribution < 1.29 is 13.7 Å². The molecule has 0 nitrogen and oxygen atoms in total. The summed E-state index contributed by atoms with van der Waals surface area (Å²) in [5, 5.41) is 0. The van der Waals surface area contributed by atoms with Crippen molar-refractivity contribution in [1.29, 1.82) is 0 Å². The fourth-order valence-electron chi connectivity index (χ4n) is 0.478. The first-order valence-corrected chi connectivity index (χ1v) is 4.65. The van der Waals surface area contributed by atoms with Crippen LogP contribution in [0.3, 0.4) is 0 Å². The van der Waals surface area contributed by atoms with E-state index in [0.717, 1.165) is 0 Å². The van der Waals surface area contributed by atoms with Crippen LogP contribution in [-0.2, 0) is 0 Å². The fraction of sp³-hybridized carbons (Fsp3) is 0. The van der Waals surface area contributed by atoms with Gasteiger partial charge in [0.1, 0.15) is 0 Å². The maximum absolute atomic E-state index is 7.26. The zero-order valence-electron chi connectivity index (χ0n) is 16.8. The lowest BCUT2D eigenvalue weighted by Gasteiger charge is -1.81. The van der Waals surface area contributed by atoms with E-state index in [2.05, 4.69) is 28.6 Å². The van der Waals surface area contributed by atoms with E-state index in [1.807, 2.05) is 0 Å². The van der Waals surface area contributed by atoms with Gasteiger partial charge in [0, 0.05) is 9.37 Å². The van der Waals surface area contributed by atoms with Crippen molar-refractivity contribution in [3.05, 3.63) is 64.9 Å². The van der Waals surface area contributed by atoms with Crippen LogP contribution in [0.4, 0.5) is 0 Å². The summed E-state index contributed by atoms with van der Waals surface area (Å²) in [4.78, 5) is -0.0130. The van der Waals surface area contributed by atoms with Crippen LogP contribution in [-0.4, -0.2) is 0 Å². The molecule has 14 heavy (non-hydrogen) atoms. The van der Waals surface area contributed by atoms with Crippen LogP contribution in [0.1, 0.15) is 13.7 Å². The standard InChI is InChI=1S/C6H5Br.C6H6S/c2*7-6-4-2-1-3-5-6/h1-5H;1-5,7H/i2*1D,2D,3D,4D,5D. The number of benzene rings is 2. The predicted octanol–water partition coefficient (Wildman–Crippen LogP) is 4.42. The monoisotopic (exact) mass is 276 g/mol. The Morgan fingerprint density at radius 2 is 1.29 bits per heavy atom. The summed E-state index contributed by atoms with van der Waals surface area (Å²) in [5.74, 6) is 0. The minimum Gasteiger partial charge on any atom is -0.143 e. The number of hydrogen-bond acceptors (Lipinski definition) is 1. The quantitative estimate of drug-likeness (QED) is 0.677. The maximum Gasteiger partial charge on any atom is 0.0635 e. The first-order chi connectivity index (χ1) is 10.9. The molecular formula is C12H11BrS. The van der Waals surface area contributed by atoms with Crippen molar-refractivity contribution in [3.63, 3.8) is 0 Å². The van der Waals surface area contributed by atoms with Crippen LogP contribution in [0, 0.1) is 0 Å². The lowest BCUT2D eigenvalue weighted by atomic mass is 10.4. The summed E-state index contributed by atoms with van der Waals surface area (Å²) in [7, 11) is 0. The molecule has 0 atom stereocenters. The normalized spacial score (nSPS) is 18.7. The molecule has 0 bridgehead atoms. The van der Waals surface area contributed by atoms with E-state index in [1.165, 1.54) is 0 Å². The molecule has 0 N–H and O–H groups in total. The van der Waals surface area contributed by atoms with Gasteiger partial charge in [-0.05, 0) is 24.2 Å². The molecule has 72 valence electrons.